The van der Waals surface area contributed by atoms with Crippen LogP contribution in [0.25, 0.3) is 0 Å². The monoisotopic (exact) mass is 321 g/mol. The molecule has 1 aliphatic heterocycles. The molecule has 2 fully saturated rings. The van der Waals surface area contributed by atoms with E-state index < -0.39 is 0 Å². The molecule has 2 heterocycles. The quantitative estimate of drug-likeness (QED) is 0.902. The van der Waals surface area contributed by atoms with E-state index in [-0.39, 0.29) is 30.8 Å². The van der Waals surface area contributed by atoms with Gasteiger partial charge in [-0.15, -0.1) is 0 Å². The van der Waals surface area contributed by atoms with Crippen molar-refractivity contribution in [3.8, 4) is 0 Å². The number of nitrogens with zero attached hydrogens (tertiary/aromatic N) is 2. The number of carbonyl (C=O) groups excluding carboxylic acids is 1. The molecule has 6 heteroatoms. The lowest BCUT2D eigenvalue weighted by Gasteiger charge is -2.30. The van der Waals surface area contributed by atoms with Gasteiger partial charge >= 0.3 is 0 Å². The van der Waals surface area contributed by atoms with Gasteiger partial charge in [0.1, 0.15) is 12.7 Å². The van der Waals surface area contributed by atoms with Crippen LogP contribution in [-0.2, 0) is 21.3 Å². The van der Waals surface area contributed by atoms with Gasteiger partial charge < -0.3 is 19.4 Å². The number of nitrogens with one attached hydrogen (secondary N) is 1. The Morgan fingerprint density at radius 3 is 2.96 bits per heavy atom. The molecular formula is C17H27N3O3. The van der Waals surface area contributed by atoms with Crippen molar-refractivity contribution < 1.29 is 14.3 Å². The average molecular weight is 321 g/mol. The summed E-state index contributed by atoms with van der Waals surface area (Å²) in [4.78, 5) is 16.3. The van der Waals surface area contributed by atoms with Crippen LogP contribution in [0, 0.1) is 0 Å². The lowest BCUT2D eigenvalue weighted by atomic mass is 9.98. The Balaban J connectivity index is 1.43. The number of imidazole rings is 1. The molecule has 1 saturated carbocycles. The maximum Gasteiger partial charge on any atom is 0.246 e. The molecule has 2 atom stereocenters. The number of hydrogen-bond acceptors (Lipinski definition) is 4. The topological polar surface area (TPSA) is 65.4 Å². The minimum absolute atomic E-state index is 0.000753. The van der Waals surface area contributed by atoms with E-state index >= 15 is 0 Å². The van der Waals surface area contributed by atoms with Gasteiger partial charge in [0.25, 0.3) is 0 Å². The molecule has 0 aromatic carbocycles. The average Bonchev–Trinajstić information content (AvgIpc) is 3.00. The summed E-state index contributed by atoms with van der Waals surface area (Å²) in [5.41, 5.74) is 1.06. The number of amides is 1. The summed E-state index contributed by atoms with van der Waals surface area (Å²) in [6, 6.07) is 0.145. The van der Waals surface area contributed by atoms with Crippen LogP contribution in [0.4, 0.5) is 0 Å². The van der Waals surface area contributed by atoms with Crippen molar-refractivity contribution in [2.75, 3.05) is 13.2 Å². The SMILES string of the molecule is Cn1cncc1[C@H]1C[C@H](NC(=O)COC2CCCCC2)CCO1. The van der Waals surface area contributed by atoms with E-state index in [1.54, 1.807) is 6.33 Å². The highest BCUT2D eigenvalue weighted by Crippen LogP contribution is 2.27. The highest BCUT2D eigenvalue weighted by molar-refractivity contribution is 5.77. The summed E-state index contributed by atoms with van der Waals surface area (Å²) in [7, 11) is 1.96. The molecule has 23 heavy (non-hydrogen) atoms. The molecular weight excluding hydrogens is 294 g/mol. The van der Waals surface area contributed by atoms with Crippen molar-refractivity contribution in [3.63, 3.8) is 0 Å². The van der Waals surface area contributed by atoms with Crippen LogP contribution in [0.1, 0.15) is 56.7 Å². The predicted molar refractivity (Wildman–Crippen MR) is 85.9 cm³/mol. The van der Waals surface area contributed by atoms with E-state index in [2.05, 4.69) is 10.3 Å². The molecule has 0 unspecified atom stereocenters. The number of rotatable bonds is 5. The Labute approximate surface area is 137 Å². The van der Waals surface area contributed by atoms with Crippen LogP contribution in [0.3, 0.4) is 0 Å². The first kappa shape index (κ1) is 16.5. The third-order valence-electron chi connectivity index (χ3n) is 4.84. The smallest absolute Gasteiger partial charge is 0.246 e. The van der Waals surface area contributed by atoms with E-state index in [1.807, 2.05) is 17.8 Å². The van der Waals surface area contributed by atoms with Gasteiger partial charge in [-0.1, -0.05) is 19.3 Å². The molecule has 1 saturated heterocycles. The summed E-state index contributed by atoms with van der Waals surface area (Å²) in [5.74, 6) is -0.00812. The second-order valence-electron chi connectivity index (χ2n) is 6.65. The second kappa shape index (κ2) is 7.93. The van der Waals surface area contributed by atoms with Gasteiger partial charge in [-0.3, -0.25) is 4.79 Å². The van der Waals surface area contributed by atoms with Crippen LogP contribution >= 0.6 is 0 Å². The molecule has 2 aliphatic rings. The molecule has 1 aromatic rings. The van der Waals surface area contributed by atoms with Crippen LogP contribution in [0.2, 0.25) is 0 Å². The van der Waals surface area contributed by atoms with Crippen LogP contribution in [0.5, 0.6) is 0 Å². The van der Waals surface area contributed by atoms with Gasteiger partial charge in [-0.25, -0.2) is 4.98 Å². The van der Waals surface area contributed by atoms with Crippen molar-refractivity contribution in [1.29, 1.82) is 0 Å². The maximum absolute atomic E-state index is 12.1. The maximum atomic E-state index is 12.1. The third kappa shape index (κ3) is 4.54. The van der Waals surface area contributed by atoms with E-state index in [1.165, 1.54) is 19.3 Å². The normalized spacial score (nSPS) is 26.1. The first-order valence-corrected chi connectivity index (χ1v) is 8.71. The van der Waals surface area contributed by atoms with Crippen molar-refractivity contribution in [3.05, 3.63) is 18.2 Å². The Morgan fingerprint density at radius 2 is 2.22 bits per heavy atom. The zero-order valence-corrected chi connectivity index (χ0v) is 13.9. The van der Waals surface area contributed by atoms with Gasteiger partial charge in [0.15, 0.2) is 0 Å². The van der Waals surface area contributed by atoms with Crippen LogP contribution in [-0.4, -0.2) is 40.8 Å². The van der Waals surface area contributed by atoms with Gasteiger partial charge in [0, 0.05) is 19.7 Å². The summed E-state index contributed by atoms with van der Waals surface area (Å²) >= 11 is 0. The number of ether oxygens (including phenoxy) is 2. The number of aryl methyl sites for hydroxylation is 1. The molecule has 0 spiro atoms. The number of aromatic nitrogens is 2. The molecule has 6 nitrogen and oxygen atoms in total. The molecule has 0 radical (unpaired) electrons. The lowest BCUT2D eigenvalue weighted by Crippen LogP contribution is -2.42. The van der Waals surface area contributed by atoms with E-state index in [0.29, 0.717) is 6.61 Å². The zero-order valence-electron chi connectivity index (χ0n) is 13.9. The fraction of sp³-hybridized carbons (Fsp3) is 0.765. The molecule has 128 valence electrons. The summed E-state index contributed by atoms with van der Waals surface area (Å²) in [6.45, 7) is 0.836. The van der Waals surface area contributed by atoms with Crippen LogP contribution in [0.15, 0.2) is 12.5 Å². The first-order valence-electron chi connectivity index (χ1n) is 8.71. The van der Waals surface area contributed by atoms with Gasteiger partial charge in [-0.05, 0) is 25.7 Å². The molecule has 3 rings (SSSR count). The predicted octanol–water partition coefficient (Wildman–Crippen LogP) is 2.11. The standard InChI is InChI=1S/C17H27N3O3/c1-20-12-18-10-15(20)16-9-13(7-8-22-16)19-17(21)11-23-14-5-3-2-4-6-14/h10,12-14,16H,2-9,11H2,1H3,(H,19,21)/t13-,16-/m1/s1. The summed E-state index contributed by atoms with van der Waals surface area (Å²) in [5, 5.41) is 3.10. The fourth-order valence-electron chi connectivity index (χ4n) is 3.51. The molecule has 1 aromatic heterocycles. The minimum atomic E-state index is -0.00812. The second-order valence-corrected chi connectivity index (χ2v) is 6.65. The summed E-state index contributed by atoms with van der Waals surface area (Å²) in [6.07, 6.45) is 11.4. The van der Waals surface area contributed by atoms with Crippen molar-refractivity contribution in [1.82, 2.24) is 14.9 Å². The van der Waals surface area contributed by atoms with E-state index in [0.717, 1.165) is 31.4 Å². The van der Waals surface area contributed by atoms with Gasteiger partial charge in [0.2, 0.25) is 5.91 Å². The third-order valence-corrected chi connectivity index (χ3v) is 4.84. The Bertz CT molecular complexity index is 511. The number of hydrogen-bond donors (Lipinski definition) is 1. The van der Waals surface area contributed by atoms with E-state index in [9.17, 15) is 4.79 Å². The van der Waals surface area contributed by atoms with Gasteiger partial charge in [-0.2, -0.15) is 0 Å². The highest BCUT2D eigenvalue weighted by Gasteiger charge is 2.27. The lowest BCUT2D eigenvalue weighted by molar-refractivity contribution is -0.130. The van der Waals surface area contributed by atoms with E-state index in [4.69, 9.17) is 9.47 Å². The largest absolute Gasteiger partial charge is 0.372 e. The minimum Gasteiger partial charge on any atom is -0.372 e. The van der Waals surface area contributed by atoms with Crippen molar-refractivity contribution >= 4 is 5.91 Å². The Hall–Kier alpha value is -1.40. The Kier molecular flexibility index (Phi) is 5.67. The first-order chi connectivity index (χ1) is 11.2. The van der Waals surface area contributed by atoms with Crippen molar-refractivity contribution in [2.45, 2.75) is 63.2 Å². The molecule has 1 amide bonds. The molecule has 1 aliphatic carbocycles. The van der Waals surface area contributed by atoms with Gasteiger partial charge in [0.05, 0.1) is 24.3 Å². The van der Waals surface area contributed by atoms with Crippen molar-refractivity contribution in [2.24, 2.45) is 7.05 Å². The Morgan fingerprint density at radius 1 is 1.39 bits per heavy atom. The van der Waals surface area contributed by atoms with Crippen LogP contribution < -0.4 is 5.32 Å². The highest BCUT2D eigenvalue weighted by atomic mass is 16.5. The fourth-order valence-corrected chi connectivity index (χ4v) is 3.51. The molecule has 1 N–H and O–H groups in total. The summed E-state index contributed by atoms with van der Waals surface area (Å²) < 4.78 is 13.5. The number of carbonyl (C=O) groups is 1. The molecule has 0 bridgehead atoms. The zero-order chi connectivity index (χ0) is 16.1.